The molecule has 0 unspecified atom stereocenters. The Morgan fingerprint density at radius 1 is 0.971 bits per heavy atom. The van der Waals surface area contributed by atoms with E-state index < -0.39 is 23.9 Å². The molecule has 2 heterocycles. The molecule has 0 aromatic heterocycles. The van der Waals surface area contributed by atoms with Crippen molar-refractivity contribution in [3.63, 3.8) is 0 Å². The average Bonchev–Trinajstić information content (AvgIpc) is 3.36. The summed E-state index contributed by atoms with van der Waals surface area (Å²) in [7, 11) is 1.57. The molecule has 3 atom stereocenters. The molecule has 3 aromatic rings. The fraction of sp³-hybridized carbons (Fsp3) is 0.192. The normalized spacial score (nSPS) is 21.7. The van der Waals surface area contributed by atoms with Crippen LogP contribution in [0.25, 0.3) is 0 Å². The number of carbonyl (C=O) groups excluding carboxylic acids is 3. The van der Waals surface area contributed by atoms with Crippen LogP contribution in [-0.4, -0.2) is 35.9 Å². The van der Waals surface area contributed by atoms with Crippen LogP contribution in [0.2, 0.25) is 0 Å². The number of anilines is 1. The zero-order chi connectivity index (χ0) is 24.0. The van der Waals surface area contributed by atoms with E-state index in [0.717, 1.165) is 15.6 Å². The second-order valence-electron chi connectivity index (χ2n) is 8.39. The molecular weight excluding hydrogens is 498 g/mol. The largest absolute Gasteiger partial charge is 0.497 e. The summed E-state index contributed by atoms with van der Waals surface area (Å²) in [5, 5.41) is 1.31. The van der Waals surface area contributed by atoms with Crippen molar-refractivity contribution in [1.29, 1.82) is 0 Å². The van der Waals surface area contributed by atoms with Crippen LogP contribution in [0.15, 0.2) is 77.3 Å². The van der Waals surface area contributed by atoms with Gasteiger partial charge in [0.1, 0.15) is 11.8 Å². The number of fused-ring (bicyclic) bond motifs is 1. The third-order valence-electron chi connectivity index (χ3n) is 6.27. The zero-order valence-electron chi connectivity index (χ0n) is 18.6. The van der Waals surface area contributed by atoms with Gasteiger partial charge in [0.2, 0.25) is 5.91 Å². The predicted molar refractivity (Wildman–Crippen MR) is 130 cm³/mol. The number of methoxy groups -OCH3 is 1. The van der Waals surface area contributed by atoms with Crippen LogP contribution in [0, 0.1) is 12.8 Å². The molecule has 0 spiro atoms. The van der Waals surface area contributed by atoms with Crippen molar-refractivity contribution < 1.29 is 19.1 Å². The van der Waals surface area contributed by atoms with Crippen LogP contribution in [0.1, 0.15) is 27.5 Å². The number of amides is 3. The number of carbonyl (C=O) groups is 3. The lowest BCUT2D eigenvalue weighted by Gasteiger charge is -2.25. The molecular formula is C26H22BrN3O4. The van der Waals surface area contributed by atoms with Gasteiger partial charge in [0.15, 0.2) is 0 Å². The highest BCUT2D eigenvalue weighted by Gasteiger charge is 2.60. The maximum atomic E-state index is 13.7. The molecule has 0 bridgehead atoms. The average molecular weight is 520 g/mol. The Morgan fingerprint density at radius 3 is 2.41 bits per heavy atom. The second kappa shape index (κ2) is 8.70. The van der Waals surface area contributed by atoms with Crippen LogP contribution in [0.3, 0.4) is 0 Å². The van der Waals surface area contributed by atoms with E-state index in [1.165, 1.54) is 9.91 Å². The summed E-state index contributed by atoms with van der Waals surface area (Å²) in [6.07, 6.45) is 0. The first-order chi connectivity index (χ1) is 16.4. The van der Waals surface area contributed by atoms with Gasteiger partial charge in [-0.3, -0.25) is 19.4 Å². The van der Waals surface area contributed by atoms with Gasteiger partial charge in [-0.1, -0.05) is 51.8 Å². The number of nitrogens with one attached hydrogen (secondary N) is 1. The van der Waals surface area contributed by atoms with Crippen molar-refractivity contribution in [2.75, 3.05) is 12.0 Å². The summed E-state index contributed by atoms with van der Waals surface area (Å²) in [6.45, 7) is 1.94. The lowest BCUT2D eigenvalue weighted by atomic mass is 9.90. The molecule has 0 aliphatic carbocycles. The molecule has 34 heavy (non-hydrogen) atoms. The number of hydrogen-bond acceptors (Lipinski definition) is 5. The van der Waals surface area contributed by atoms with Gasteiger partial charge in [0.05, 0.1) is 24.8 Å². The smallest absolute Gasteiger partial charge is 0.268 e. The third-order valence-corrected chi connectivity index (χ3v) is 6.76. The fourth-order valence-corrected chi connectivity index (χ4v) is 4.99. The summed E-state index contributed by atoms with van der Waals surface area (Å²) in [5.74, 6) is -1.31. The molecule has 2 saturated heterocycles. The maximum Gasteiger partial charge on any atom is 0.268 e. The predicted octanol–water partition coefficient (Wildman–Crippen LogP) is 4.03. The first kappa shape index (κ1) is 22.3. The van der Waals surface area contributed by atoms with Gasteiger partial charge in [0, 0.05) is 10.0 Å². The molecule has 8 heteroatoms. The van der Waals surface area contributed by atoms with Crippen LogP contribution in [0.4, 0.5) is 5.69 Å². The van der Waals surface area contributed by atoms with E-state index in [0.29, 0.717) is 17.0 Å². The van der Waals surface area contributed by atoms with Crippen molar-refractivity contribution in [2.24, 2.45) is 5.92 Å². The Balaban J connectivity index is 1.59. The van der Waals surface area contributed by atoms with Gasteiger partial charge >= 0.3 is 0 Å². The number of aryl methyl sites for hydroxylation is 1. The SMILES string of the molecule is COc1cccc([C@@H]2NN(C(=O)c3cccc(Br)c3)[C@@H]3C(=O)N(c4ccc(C)cc4)C(=O)[C@@H]32)c1. The fourth-order valence-electron chi connectivity index (χ4n) is 4.60. The standard InChI is InChI=1S/C26H22BrN3O4/c1-15-9-11-19(12-10-15)29-25(32)21-22(16-5-4-8-20(14-16)34-2)28-30(23(21)26(29)33)24(31)17-6-3-7-18(27)13-17/h3-14,21-23,28H,1-2H3/t21-,22+,23+/m1/s1. The van der Waals surface area contributed by atoms with E-state index in [2.05, 4.69) is 21.4 Å². The lowest BCUT2D eigenvalue weighted by Crippen LogP contribution is -2.48. The number of hydrazine groups is 1. The number of hydrogen-bond donors (Lipinski definition) is 1. The molecule has 2 aliphatic heterocycles. The van der Waals surface area contributed by atoms with Gasteiger partial charge in [-0.05, 0) is 55.0 Å². The van der Waals surface area contributed by atoms with Gasteiger partial charge in [-0.2, -0.15) is 0 Å². The van der Waals surface area contributed by atoms with E-state index in [1.807, 2.05) is 43.3 Å². The van der Waals surface area contributed by atoms with E-state index in [1.54, 1.807) is 43.5 Å². The van der Waals surface area contributed by atoms with Gasteiger partial charge in [-0.15, -0.1) is 0 Å². The highest BCUT2D eigenvalue weighted by molar-refractivity contribution is 9.10. The Kier molecular flexibility index (Phi) is 5.71. The Bertz CT molecular complexity index is 1290. The second-order valence-corrected chi connectivity index (χ2v) is 9.30. The molecule has 172 valence electrons. The molecule has 2 aliphatic rings. The number of rotatable bonds is 4. The molecule has 1 N–H and O–H groups in total. The van der Waals surface area contributed by atoms with Crippen molar-refractivity contribution >= 4 is 39.3 Å². The van der Waals surface area contributed by atoms with Crippen molar-refractivity contribution in [1.82, 2.24) is 10.4 Å². The third kappa shape index (κ3) is 3.69. The highest BCUT2D eigenvalue weighted by Crippen LogP contribution is 2.42. The molecule has 7 nitrogen and oxygen atoms in total. The number of benzene rings is 3. The summed E-state index contributed by atoms with van der Waals surface area (Å²) in [4.78, 5) is 42.0. The Hall–Kier alpha value is -3.49. The number of nitrogens with zero attached hydrogens (tertiary/aromatic N) is 2. The molecule has 3 amide bonds. The van der Waals surface area contributed by atoms with Gasteiger partial charge in [-0.25, -0.2) is 10.3 Å². The number of halogens is 1. The lowest BCUT2D eigenvalue weighted by molar-refractivity contribution is -0.123. The van der Waals surface area contributed by atoms with Crippen molar-refractivity contribution in [3.8, 4) is 5.75 Å². The first-order valence-corrected chi connectivity index (χ1v) is 11.6. The minimum absolute atomic E-state index is 0.344. The van der Waals surface area contributed by atoms with Crippen LogP contribution in [0.5, 0.6) is 5.75 Å². The van der Waals surface area contributed by atoms with E-state index in [4.69, 9.17) is 4.74 Å². The molecule has 2 fully saturated rings. The van der Waals surface area contributed by atoms with E-state index in [-0.39, 0.29) is 11.8 Å². The molecule has 3 aromatic carbocycles. The number of imide groups is 1. The topological polar surface area (TPSA) is 79.0 Å². The minimum atomic E-state index is -0.975. The summed E-state index contributed by atoms with van der Waals surface area (Å²) >= 11 is 3.39. The van der Waals surface area contributed by atoms with Crippen molar-refractivity contribution in [3.05, 3.63) is 94.0 Å². The molecule has 0 radical (unpaired) electrons. The maximum absolute atomic E-state index is 13.7. The molecule has 0 saturated carbocycles. The zero-order valence-corrected chi connectivity index (χ0v) is 20.2. The Morgan fingerprint density at radius 2 is 1.71 bits per heavy atom. The number of ether oxygens (including phenoxy) is 1. The van der Waals surface area contributed by atoms with Crippen LogP contribution >= 0.6 is 15.9 Å². The van der Waals surface area contributed by atoms with Crippen LogP contribution in [-0.2, 0) is 9.59 Å². The Labute approximate surface area is 205 Å². The van der Waals surface area contributed by atoms with E-state index in [9.17, 15) is 14.4 Å². The highest BCUT2D eigenvalue weighted by atomic mass is 79.9. The van der Waals surface area contributed by atoms with Gasteiger partial charge in [0.25, 0.3) is 11.8 Å². The monoisotopic (exact) mass is 519 g/mol. The first-order valence-electron chi connectivity index (χ1n) is 10.8. The summed E-state index contributed by atoms with van der Waals surface area (Å²) in [5.41, 5.74) is 5.84. The summed E-state index contributed by atoms with van der Waals surface area (Å²) < 4.78 is 6.10. The van der Waals surface area contributed by atoms with Crippen molar-refractivity contribution in [2.45, 2.75) is 19.0 Å². The minimum Gasteiger partial charge on any atom is -0.497 e. The quantitative estimate of drug-likeness (QED) is 0.526. The molecule has 5 rings (SSSR count). The van der Waals surface area contributed by atoms with E-state index >= 15 is 0 Å². The van der Waals surface area contributed by atoms with Crippen LogP contribution < -0.4 is 15.1 Å². The van der Waals surface area contributed by atoms with Gasteiger partial charge < -0.3 is 4.74 Å². The summed E-state index contributed by atoms with van der Waals surface area (Å²) in [6, 6.07) is 19.9.